The Morgan fingerprint density at radius 2 is 1.79 bits per heavy atom. The lowest BCUT2D eigenvalue weighted by atomic mass is 10.0. The van der Waals surface area contributed by atoms with E-state index in [4.69, 9.17) is 9.26 Å². The molecular formula is C17H27O5PS. The van der Waals surface area contributed by atoms with Gasteiger partial charge in [-0.05, 0) is 42.5 Å². The van der Waals surface area contributed by atoms with Gasteiger partial charge in [0.1, 0.15) is 11.7 Å². The average Bonchev–Trinajstić information content (AvgIpc) is 2.46. The minimum Gasteiger partial charge on any atom is -0.417 e. The third-order valence-electron chi connectivity index (χ3n) is 3.13. The summed E-state index contributed by atoms with van der Waals surface area (Å²) in [7, 11) is 0. The van der Waals surface area contributed by atoms with Crippen LogP contribution in [0.25, 0.3) is 0 Å². The van der Waals surface area contributed by atoms with Gasteiger partial charge in [0.15, 0.2) is 5.78 Å². The van der Waals surface area contributed by atoms with Gasteiger partial charge in [-0.15, -0.1) is 0 Å². The van der Waals surface area contributed by atoms with Crippen molar-refractivity contribution in [2.75, 3.05) is 12.5 Å². The molecule has 1 atom stereocenters. The Morgan fingerprint density at radius 1 is 1.17 bits per heavy atom. The van der Waals surface area contributed by atoms with Crippen LogP contribution in [0.2, 0.25) is 0 Å². The fraction of sp³-hybridized carbons (Fsp3) is 0.588. The first-order chi connectivity index (χ1) is 11.2. The fourth-order valence-corrected chi connectivity index (χ4v) is 3.64. The molecule has 1 aromatic carbocycles. The second-order valence-corrected chi connectivity index (χ2v) is 10.2. The van der Waals surface area contributed by atoms with Gasteiger partial charge in [0.2, 0.25) is 0 Å². The molecule has 0 aromatic heterocycles. The van der Waals surface area contributed by atoms with Crippen LogP contribution in [0.1, 0.15) is 50.9 Å². The van der Waals surface area contributed by atoms with E-state index in [0.29, 0.717) is 24.5 Å². The molecule has 5 nitrogen and oxygen atoms in total. The Labute approximate surface area is 148 Å². The topological polar surface area (TPSA) is 72.8 Å². The number of carbonyl (C=O) groups excluding carboxylic acids is 1. The van der Waals surface area contributed by atoms with Gasteiger partial charge in [-0.1, -0.05) is 27.7 Å². The molecule has 0 aliphatic rings. The lowest BCUT2D eigenvalue weighted by Gasteiger charge is -2.13. The van der Waals surface area contributed by atoms with Gasteiger partial charge in [0.25, 0.3) is 0 Å². The van der Waals surface area contributed by atoms with Crippen molar-refractivity contribution in [3.63, 3.8) is 0 Å². The molecule has 0 amide bonds. The predicted octanol–water partition coefficient (Wildman–Crippen LogP) is 5.15. The maximum atomic E-state index is 12.0. The van der Waals surface area contributed by atoms with Crippen molar-refractivity contribution >= 4 is 24.0 Å². The highest BCUT2D eigenvalue weighted by molar-refractivity contribution is 8.54. The summed E-state index contributed by atoms with van der Waals surface area (Å²) in [5.41, 5.74) is 0.577. The number of rotatable bonds is 11. The minimum absolute atomic E-state index is 0.0525. The van der Waals surface area contributed by atoms with Crippen LogP contribution in [0.3, 0.4) is 0 Å². The van der Waals surface area contributed by atoms with Gasteiger partial charge in [-0.2, -0.15) is 0 Å². The monoisotopic (exact) mass is 374 g/mol. The van der Waals surface area contributed by atoms with Crippen molar-refractivity contribution in [2.45, 2.75) is 40.5 Å². The Morgan fingerprint density at radius 3 is 2.33 bits per heavy atom. The molecule has 1 unspecified atom stereocenters. The second-order valence-electron chi connectivity index (χ2n) is 6.44. The fourth-order valence-electron chi connectivity index (χ4n) is 1.83. The molecule has 7 heteroatoms. The Bertz CT molecular complexity index is 557. The standard InChI is InChI=1S/C17H27O5PS/c1-13(2)9-10-21-12-24-23(19,20)22-16-7-5-15(6-8-16)17(18)11-14(3)4/h5-8,13-14H,9-12H2,1-4H3,(H,19,20). The predicted molar refractivity (Wildman–Crippen MR) is 98.5 cm³/mol. The summed E-state index contributed by atoms with van der Waals surface area (Å²) in [5.74, 6) is 1.24. The summed E-state index contributed by atoms with van der Waals surface area (Å²) in [6.07, 6.45) is 1.38. The molecule has 0 aliphatic heterocycles. The highest BCUT2D eigenvalue weighted by Crippen LogP contribution is 2.55. The maximum absolute atomic E-state index is 12.0. The molecule has 136 valence electrons. The summed E-state index contributed by atoms with van der Waals surface area (Å²) < 4.78 is 22.4. The number of carbonyl (C=O) groups is 1. The van der Waals surface area contributed by atoms with Gasteiger partial charge >= 0.3 is 6.80 Å². The van der Waals surface area contributed by atoms with E-state index in [1.807, 2.05) is 13.8 Å². The summed E-state index contributed by atoms with van der Waals surface area (Å²) in [6.45, 7) is 4.87. The van der Waals surface area contributed by atoms with Crippen molar-refractivity contribution in [1.82, 2.24) is 0 Å². The molecule has 0 saturated heterocycles. The second kappa shape index (κ2) is 10.2. The Balaban J connectivity index is 2.46. The van der Waals surface area contributed by atoms with Crippen molar-refractivity contribution in [3.05, 3.63) is 29.8 Å². The Kier molecular flexibility index (Phi) is 9.06. The van der Waals surface area contributed by atoms with Crippen LogP contribution in [-0.4, -0.2) is 23.2 Å². The zero-order valence-corrected chi connectivity index (χ0v) is 16.4. The maximum Gasteiger partial charge on any atom is 0.439 e. The Hall–Kier alpha value is -0.810. The number of Topliss-reactive ketones (excluding diaryl/α,β-unsaturated/α-hetero) is 1. The third kappa shape index (κ3) is 8.88. The van der Waals surface area contributed by atoms with Gasteiger partial charge in [0, 0.05) is 30.0 Å². The molecule has 0 bridgehead atoms. The summed E-state index contributed by atoms with van der Waals surface area (Å²) in [6, 6.07) is 6.31. The van der Waals surface area contributed by atoms with E-state index in [1.54, 1.807) is 12.1 Å². The number of benzene rings is 1. The first kappa shape index (κ1) is 21.2. The van der Waals surface area contributed by atoms with Crippen LogP contribution in [0.5, 0.6) is 5.75 Å². The van der Waals surface area contributed by atoms with Gasteiger partial charge in [-0.25, -0.2) is 4.57 Å². The van der Waals surface area contributed by atoms with Gasteiger partial charge in [0.05, 0.1) is 0 Å². The summed E-state index contributed by atoms with van der Waals surface area (Å²) in [4.78, 5) is 21.8. The zero-order chi connectivity index (χ0) is 18.2. The van der Waals surface area contributed by atoms with Gasteiger partial charge in [-0.3, -0.25) is 4.79 Å². The molecule has 1 aromatic rings. The smallest absolute Gasteiger partial charge is 0.417 e. The SMILES string of the molecule is CC(C)CCOCSP(=O)(O)Oc1ccc(C(=O)CC(C)C)cc1. The van der Waals surface area contributed by atoms with E-state index in [-0.39, 0.29) is 23.4 Å². The highest BCUT2D eigenvalue weighted by atomic mass is 32.7. The lowest BCUT2D eigenvalue weighted by Crippen LogP contribution is -2.03. The molecule has 0 aliphatic carbocycles. The minimum atomic E-state index is -3.83. The van der Waals surface area contributed by atoms with E-state index < -0.39 is 6.80 Å². The molecule has 0 spiro atoms. The number of hydrogen-bond acceptors (Lipinski definition) is 5. The van der Waals surface area contributed by atoms with Crippen molar-refractivity contribution in [1.29, 1.82) is 0 Å². The van der Waals surface area contributed by atoms with E-state index in [2.05, 4.69) is 13.8 Å². The largest absolute Gasteiger partial charge is 0.439 e. The zero-order valence-electron chi connectivity index (χ0n) is 14.7. The quantitative estimate of drug-likeness (QED) is 0.250. The van der Waals surface area contributed by atoms with Crippen molar-refractivity contribution < 1.29 is 23.5 Å². The van der Waals surface area contributed by atoms with Crippen LogP contribution < -0.4 is 4.52 Å². The highest BCUT2D eigenvalue weighted by Gasteiger charge is 2.22. The average molecular weight is 374 g/mol. The van der Waals surface area contributed by atoms with E-state index >= 15 is 0 Å². The van der Waals surface area contributed by atoms with Gasteiger partial charge < -0.3 is 14.2 Å². The van der Waals surface area contributed by atoms with Crippen LogP contribution >= 0.6 is 18.2 Å². The molecule has 1 rings (SSSR count). The molecule has 0 fully saturated rings. The van der Waals surface area contributed by atoms with Crippen LogP contribution in [0.15, 0.2) is 24.3 Å². The first-order valence-electron chi connectivity index (χ1n) is 8.07. The number of ether oxygens (including phenoxy) is 1. The first-order valence-corrected chi connectivity index (χ1v) is 11.2. The van der Waals surface area contributed by atoms with Crippen molar-refractivity contribution in [2.24, 2.45) is 11.8 Å². The third-order valence-corrected chi connectivity index (χ3v) is 5.69. The van der Waals surface area contributed by atoms with Crippen LogP contribution in [0, 0.1) is 11.8 Å². The summed E-state index contributed by atoms with van der Waals surface area (Å²) in [5, 5.41) is 0. The molecule has 24 heavy (non-hydrogen) atoms. The van der Waals surface area contributed by atoms with E-state index in [0.717, 1.165) is 17.8 Å². The molecule has 0 heterocycles. The number of ketones is 1. The summed E-state index contributed by atoms with van der Waals surface area (Å²) >= 11 is 0.744. The molecular weight excluding hydrogens is 347 g/mol. The van der Waals surface area contributed by atoms with Crippen LogP contribution in [0.4, 0.5) is 0 Å². The molecule has 0 radical (unpaired) electrons. The molecule has 0 saturated carbocycles. The van der Waals surface area contributed by atoms with E-state index in [9.17, 15) is 14.3 Å². The van der Waals surface area contributed by atoms with Crippen molar-refractivity contribution in [3.8, 4) is 5.75 Å². The normalized spacial score (nSPS) is 14.0. The van der Waals surface area contributed by atoms with E-state index in [1.165, 1.54) is 12.1 Å². The number of hydrogen-bond donors (Lipinski definition) is 1. The molecule has 1 N–H and O–H groups in total. The van der Waals surface area contributed by atoms with Crippen LogP contribution in [-0.2, 0) is 9.30 Å². The lowest BCUT2D eigenvalue weighted by molar-refractivity contribution is 0.0968.